The summed E-state index contributed by atoms with van der Waals surface area (Å²) in [6.45, 7) is 0.670. The van der Waals surface area contributed by atoms with Gasteiger partial charge in [-0.15, -0.1) is 0 Å². The van der Waals surface area contributed by atoms with Gasteiger partial charge < -0.3 is 9.84 Å². The fraction of sp³-hybridized carbons (Fsp3) is 0.500. The van der Waals surface area contributed by atoms with Crippen molar-refractivity contribution in [2.45, 2.75) is 18.9 Å². The zero-order chi connectivity index (χ0) is 11.5. The first-order chi connectivity index (χ1) is 7.72. The highest BCUT2D eigenvalue weighted by Crippen LogP contribution is 2.35. The van der Waals surface area contributed by atoms with Gasteiger partial charge in [0, 0.05) is 29.2 Å². The molecule has 1 saturated heterocycles. The molecule has 0 amide bonds. The lowest BCUT2D eigenvalue weighted by Gasteiger charge is -2.31. The van der Waals surface area contributed by atoms with Crippen LogP contribution in [0.2, 0.25) is 0 Å². The average Bonchev–Trinajstić information content (AvgIpc) is 2.32. The molecular weight excluding hydrogens is 275 g/mol. The van der Waals surface area contributed by atoms with Crippen LogP contribution in [0.5, 0.6) is 0 Å². The predicted molar refractivity (Wildman–Crippen MR) is 62.6 cm³/mol. The van der Waals surface area contributed by atoms with Gasteiger partial charge in [-0.3, -0.25) is 0 Å². The summed E-state index contributed by atoms with van der Waals surface area (Å²) in [6.07, 6.45) is 1.49. The lowest BCUT2D eigenvalue weighted by Crippen LogP contribution is -2.26. The highest BCUT2D eigenvalue weighted by Gasteiger charge is 2.29. The second-order valence-corrected chi connectivity index (χ2v) is 4.96. The predicted octanol–water partition coefficient (Wildman–Crippen LogP) is 3.05. The lowest BCUT2D eigenvalue weighted by molar-refractivity contribution is -0.0474. The van der Waals surface area contributed by atoms with Gasteiger partial charge in [0.25, 0.3) is 0 Å². The summed E-state index contributed by atoms with van der Waals surface area (Å²) in [5.41, 5.74) is 0.535. The molecular formula is C12H14BrFO2. The van der Waals surface area contributed by atoms with Crippen molar-refractivity contribution in [3.05, 3.63) is 34.1 Å². The van der Waals surface area contributed by atoms with Gasteiger partial charge in [-0.1, -0.05) is 15.9 Å². The van der Waals surface area contributed by atoms with Crippen molar-refractivity contribution in [2.75, 3.05) is 13.2 Å². The Balaban J connectivity index is 2.30. The molecule has 1 aromatic rings. The van der Waals surface area contributed by atoms with Gasteiger partial charge in [0.1, 0.15) is 5.82 Å². The Morgan fingerprint density at radius 2 is 2.31 bits per heavy atom. The molecule has 2 unspecified atom stereocenters. The average molecular weight is 289 g/mol. The van der Waals surface area contributed by atoms with Crippen LogP contribution >= 0.6 is 15.9 Å². The largest absolute Gasteiger partial charge is 0.396 e. The van der Waals surface area contributed by atoms with Gasteiger partial charge in [0.15, 0.2) is 0 Å². The lowest BCUT2D eigenvalue weighted by atomic mass is 9.90. The Labute approximate surface area is 103 Å². The molecule has 0 bridgehead atoms. The standard InChI is InChI=1S/C12H14BrFO2/c13-9-3-4-11(14)10(6-9)12-8(7-15)2-1-5-16-12/h3-4,6,8,12,15H,1-2,5,7H2. The number of hydrogen-bond acceptors (Lipinski definition) is 2. The summed E-state index contributed by atoms with van der Waals surface area (Å²) < 4.78 is 20.1. The van der Waals surface area contributed by atoms with Gasteiger partial charge in [-0.05, 0) is 31.0 Å². The van der Waals surface area contributed by atoms with Crippen LogP contribution < -0.4 is 0 Å². The third kappa shape index (κ3) is 2.44. The molecule has 2 atom stereocenters. The van der Waals surface area contributed by atoms with Crippen LogP contribution in [0.25, 0.3) is 0 Å². The fourth-order valence-electron chi connectivity index (χ4n) is 2.11. The molecule has 0 saturated carbocycles. The molecule has 16 heavy (non-hydrogen) atoms. The van der Waals surface area contributed by atoms with Gasteiger partial charge in [0.2, 0.25) is 0 Å². The zero-order valence-electron chi connectivity index (χ0n) is 8.83. The first-order valence-electron chi connectivity index (χ1n) is 5.40. The van der Waals surface area contributed by atoms with Crippen LogP contribution in [0, 0.1) is 11.7 Å². The smallest absolute Gasteiger partial charge is 0.129 e. The number of aliphatic hydroxyl groups excluding tert-OH is 1. The van der Waals surface area contributed by atoms with Gasteiger partial charge >= 0.3 is 0 Å². The monoisotopic (exact) mass is 288 g/mol. The van der Waals surface area contributed by atoms with E-state index < -0.39 is 0 Å². The SMILES string of the molecule is OCC1CCCOC1c1cc(Br)ccc1F. The van der Waals surface area contributed by atoms with E-state index in [2.05, 4.69) is 15.9 Å². The van der Waals surface area contributed by atoms with Gasteiger partial charge in [-0.2, -0.15) is 0 Å². The number of rotatable bonds is 2. The third-order valence-corrected chi connectivity index (χ3v) is 3.44. The summed E-state index contributed by atoms with van der Waals surface area (Å²) in [7, 11) is 0. The van der Waals surface area contributed by atoms with Crippen molar-refractivity contribution in [3.8, 4) is 0 Å². The molecule has 88 valence electrons. The number of halogens is 2. The van der Waals surface area contributed by atoms with Crippen LogP contribution in [0.15, 0.2) is 22.7 Å². The zero-order valence-corrected chi connectivity index (χ0v) is 10.4. The molecule has 1 heterocycles. The van der Waals surface area contributed by atoms with Crippen molar-refractivity contribution < 1.29 is 14.2 Å². The molecule has 0 spiro atoms. The summed E-state index contributed by atoms with van der Waals surface area (Å²) in [5.74, 6) is -0.272. The molecule has 0 aliphatic carbocycles. The maximum absolute atomic E-state index is 13.7. The molecule has 0 radical (unpaired) electrons. The highest BCUT2D eigenvalue weighted by atomic mass is 79.9. The molecule has 1 fully saturated rings. The minimum atomic E-state index is -0.323. The molecule has 1 aliphatic rings. The van der Waals surface area contributed by atoms with Crippen LogP contribution in [0.3, 0.4) is 0 Å². The van der Waals surface area contributed by atoms with Crippen molar-refractivity contribution in [3.63, 3.8) is 0 Å². The van der Waals surface area contributed by atoms with Gasteiger partial charge in [-0.25, -0.2) is 4.39 Å². The van der Waals surface area contributed by atoms with E-state index in [4.69, 9.17) is 4.74 Å². The van der Waals surface area contributed by atoms with E-state index in [0.29, 0.717) is 12.2 Å². The Kier molecular flexibility index (Phi) is 3.95. The number of benzene rings is 1. The minimum Gasteiger partial charge on any atom is -0.396 e. The molecule has 1 aromatic carbocycles. The maximum Gasteiger partial charge on any atom is 0.129 e. The summed E-state index contributed by atoms with van der Waals surface area (Å²) in [5, 5.41) is 9.27. The van der Waals surface area contributed by atoms with E-state index in [1.54, 1.807) is 12.1 Å². The Morgan fingerprint density at radius 1 is 1.50 bits per heavy atom. The topological polar surface area (TPSA) is 29.5 Å². The second-order valence-electron chi connectivity index (χ2n) is 4.04. The molecule has 2 rings (SSSR count). The van der Waals surface area contributed by atoms with E-state index in [-0.39, 0.29) is 24.4 Å². The van der Waals surface area contributed by atoms with Crippen molar-refractivity contribution in [1.29, 1.82) is 0 Å². The molecule has 1 N–H and O–H groups in total. The van der Waals surface area contributed by atoms with Crippen molar-refractivity contribution in [2.24, 2.45) is 5.92 Å². The normalized spacial score (nSPS) is 25.7. The third-order valence-electron chi connectivity index (χ3n) is 2.94. The summed E-state index contributed by atoms with van der Waals surface area (Å²) >= 11 is 3.32. The molecule has 4 heteroatoms. The molecule has 1 aliphatic heterocycles. The van der Waals surface area contributed by atoms with E-state index in [0.717, 1.165) is 17.3 Å². The first kappa shape index (κ1) is 12.0. The first-order valence-corrected chi connectivity index (χ1v) is 6.19. The summed E-state index contributed by atoms with van der Waals surface area (Å²) in [6, 6.07) is 4.81. The van der Waals surface area contributed by atoms with Crippen LogP contribution in [-0.2, 0) is 4.74 Å². The van der Waals surface area contributed by atoms with E-state index in [9.17, 15) is 9.50 Å². The van der Waals surface area contributed by atoms with Gasteiger partial charge in [0.05, 0.1) is 6.10 Å². The minimum absolute atomic E-state index is 0.00227. The Morgan fingerprint density at radius 3 is 3.06 bits per heavy atom. The van der Waals surface area contributed by atoms with E-state index >= 15 is 0 Å². The quantitative estimate of drug-likeness (QED) is 0.906. The van der Waals surface area contributed by atoms with Crippen LogP contribution in [0.4, 0.5) is 4.39 Å². The van der Waals surface area contributed by atoms with Crippen molar-refractivity contribution in [1.82, 2.24) is 0 Å². The van der Waals surface area contributed by atoms with Crippen LogP contribution in [-0.4, -0.2) is 18.3 Å². The number of ether oxygens (including phenoxy) is 1. The maximum atomic E-state index is 13.7. The Hall–Kier alpha value is -0.450. The van der Waals surface area contributed by atoms with Crippen LogP contribution in [0.1, 0.15) is 24.5 Å². The fourth-order valence-corrected chi connectivity index (χ4v) is 2.49. The van der Waals surface area contributed by atoms with E-state index in [1.807, 2.05) is 0 Å². The molecule has 0 aromatic heterocycles. The summed E-state index contributed by atoms with van der Waals surface area (Å²) in [4.78, 5) is 0. The number of hydrogen-bond donors (Lipinski definition) is 1. The molecule has 2 nitrogen and oxygen atoms in total. The number of aliphatic hydroxyl groups is 1. The Bertz CT molecular complexity index is 370. The highest BCUT2D eigenvalue weighted by molar-refractivity contribution is 9.10. The van der Waals surface area contributed by atoms with Crippen molar-refractivity contribution >= 4 is 15.9 Å². The van der Waals surface area contributed by atoms with E-state index in [1.165, 1.54) is 6.07 Å². The second kappa shape index (κ2) is 5.25.